The van der Waals surface area contributed by atoms with Crippen LogP contribution in [0.3, 0.4) is 0 Å². The minimum atomic E-state index is 0.286. The highest BCUT2D eigenvalue weighted by Crippen LogP contribution is 2.18. The number of rotatable bonds is 2. The molecule has 3 rings (SSSR count). The zero-order valence-electron chi connectivity index (χ0n) is 10.0. The molecule has 1 fully saturated rings. The van der Waals surface area contributed by atoms with Crippen LogP contribution in [0, 0.1) is 0 Å². The van der Waals surface area contributed by atoms with E-state index in [1.807, 2.05) is 4.90 Å². The van der Waals surface area contributed by atoms with Crippen molar-refractivity contribution in [2.45, 2.75) is 32.4 Å². The quantitative estimate of drug-likeness (QED) is 0.834. The maximum absolute atomic E-state index is 12.0. The topological polar surface area (TPSA) is 32.3 Å². The van der Waals surface area contributed by atoms with Gasteiger partial charge in [-0.15, -0.1) is 0 Å². The third-order valence-corrected chi connectivity index (χ3v) is 3.72. The largest absolute Gasteiger partial charge is 0.342 e. The van der Waals surface area contributed by atoms with Gasteiger partial charge < -0.3 is 10.2 Å². The van der Waals surface area contributed by atoms with Gasteiger partial charge in [-0.05, 0) is 29.5 Å². The van der Waals surface area contributed by atoms with Crippen LogP contribution >= 0.6 is 0 Å². The van der Waals surface area contributed by atoms with Gasteiger partial charge in [0, 0.05) is 26.2 Å². The Hall–Kier alpha value is -1.35. The molecule has 90 valence electrons. The standard InChI is InChI=1S/C14H18N2O/c17-14(16-5-1-2-6-16)8-11-3-4-12-9-15-10-13(12)7-11/h3-4,7,15H,1-2,5-6,8-10H2. The van der Waals surface area contributed by atoms with Gasteiger partial charge in [0.1, 0.15) is 0 Å². The van der Waals surface area contributed by atoms with Gasteiger partial charge in [0.25, 0.3) is 0 Å². The van der Waals surface area contributed by atoms with E-state index in [0.29, 0.717) is 6.42 Å². The van der Waals surface area contributed by atoms with E-state index in [4.69, 9.17) is 0 Å². The molecule has 17 heavy (non-hydrogen) atoms. The lowest BCUT2D eigenvalue weighted by Crippen LogP contribution is -2.29. The summed E-state index contributed by atoms with van der Waals surface area (Å²) in [4.78, 5) is 14.0. The van der Waals surface area contributed by atoms with Crippen molar-refractivity contribution in [2.24, 2.45) is 0 Å². The van der Waals surface area contributed by atoms with Gasteiger partial charge in [-0.1, -0.05) is 18.2 Å². The normalized spacial score (nSPS) is 18.5. The highest BCUT2D eigenvalue weighted by molar-refractivity contribution is 5.79. The molecule has 3 nitrogen and oxygen atoms in total. The third-order valence-electron chi connectivity index (χ3n) is 3.72. The molecule has 2 aliphatic rings. The van der Waals surface area contributed by atoms with Crippen LogP contribution in [-0.4, -0.2) is 23.9 Å². The first-order valence-electron chi connectivity index (χ1n) is 6.42. The second-order valence-corrected chi connectivity index (χ2v) is 4.97. The van der Waals surface area contributed by atoms with E-state index < -0.39 is 0 Å². The summed E-state index contributed by atoms with van der Waals surface area (Å²) in [7, 11) is 0. The molecule has 1 amide bonds. The SMILES string of the molecule is O=C(Cc1ccc2c(c1)CNC2)N1CCCC1. The van der Waals surface area contributed by atoms with E-state index in [9.17, 15) is 4.79 Å². The second-order valence-electron chi connectivity index (χ2n) is 4.97. The number of likely N-dealkylation sites (tertiary alicyclic amines) is 1. The minimum absolute atomic E-state index is 0.286. The average Bonchev–Trinajstić information content (AvgIpc) is 2.99. The number of benzene rings is 1. The molecule has 0 atom stereocenters. The van der Waals surface area contributed by atoms with E-state index in [2.05, 4.69) is 23.5 Å². The average molecular weight is 230 g/mol. The van der Waals surface area contributed by atoms with E-state index in [1.54, 1.807) is 0 Å². The predicted molar refractivity (Wildman–Crippen MR) is 66.5 cm³/mol. The number of nitrogens with zero attached hydrogens (tertiary/aromatic N) is 1. The van der Waals surface area contributed by atoms with Crippen molar-refractivity contribution in [3.8, 4) is 0 Å². The fraction of sp³-hybridized carbons (Fsp3) is 0.500. The molecule has 0 aliphatic carbocycles. The Balaban J connectivity index is 1.70. The first kappa shape index (κ1) is 10.8. The molecule has 2 heterocycles. The lowest BCUT2D eigenvalue weighted by molar-refractivity contribution is -0.129. The zero-order chi connectivity index (χ0) is 11.7. The van der Waals surface area contributed by atoms with Crippen LogP contribution in [0.15, 0.2) is 18.2 Å². The molecule has 0 spiro atoms. The molecule has 0 radical (unpaired) electrons. The van der Waals surface area contributed by atoms with Crippen LogP contribution in [0.2, 0.25) is 0 Å². The maximum Gasteiger partial charge on any atom is 0.226 e. The monoisotopic (exact) mass is 230 g/mol. The van der Waals surface area contributed by atoms with Crippen LogP contribution in [-0.2, 0) is 24.3 Å². The zero-order valence-corrected chi connectivity index (χ0v) is 10.0. The number of carbonyl (C=O) groups is 1. The highest BCUT2D eigenvalue weighted by Gasteiger charge is 2.18. The van der Waals surface area contributed by atoms with Crippen LogP contribution in [0.5, 0.6) is 0 Å². The van der Waals surface area contributed by atoms with Crippen molar-refractivity contribution < 1.29 is 4.79 Å². The van der Waals surface area contributed by atoms with Gasteiger partial charge >= 0.3 is 0 Å². The summed E-state index contributed by atoms with van der Waals surface area (Å²) >= 11 is 0. The van der Waals surface area contributed by atoms with Gasteiger partial charge in [0.05, 0.1) is 6.42 Å². The van der Waals surface area contributed by atoms with Crippen LogP contribution in [0.1, 0.15) is 29.5 Å². The maximum atomic E-state index is 12.0. The highest BCUT2D eigenvalue weighted by atomic mass is 16.2. The molecule has 2 aliphatic heterocycles. The number of fused-ring (bicyclic) bond motifs is 1. The summed E-state index contributed by atoms with van der Waals surface area (Å²) in [5.41, 5.74) is 3.89. The Kier molecular flexibility index (Phi) is 2.85. The number of hydrogen-bond acceptors (Lipinski definition) is 2. The van der Waals surface area contributed by atoms with Crippen LogP contribution in [0.25, 0.3) is 0 Å². The molecule has 1 aromatic carbocycles. The van der Waals surface area contributed by atoms with E-state index in [0.717, 1.165) is 31.7 Å². The number of carbonyl (C=O) groups excluding carboxylic acids is 1. The first-order chi connectivity index (χ1) is 8.33. The minimum Gasteiger partial charge on any atom is -0.342 e. The second kappa shape index (κ2) is 4.49. The van der Waals surface area contributed by atoms with Crippen molar-refractivity contribution in [3.63, 3.8) is 0 Å². The van der Waals surface area contributed by atoms with E-state index >= 15 is 0 Å². The van der Waals surface area contributed by atoms with Crippen LogP contribution < -0.4 is 5.32 Å². The van der Waals surface area contributed by atoms with Gasteiger partial charge in [0.2, 0.25) is 5.91 Å². The summed E-state index contributed by atoms with van der Waals surface area (Å²) in [5, 5.41) is 3.33. The molecular formula is C14H18N2O. The number of nitrogens with one attached hydrogen (secondary N) is 1. The Morgan fingerprint density at radius 2 is 1.94 bits per heavy atom. The summed E-state index contributed by atoms with van der Waals surface area (Å²) in [6, 6.07) is 6.44. The molecular weight excluding hydrogens is 212 g/mol. The lowest BCUT2D eigenvalue weighted by Gasteiger charge is -2.15. The Labute approximate surface area is 102 Å². The van der Waals surface area contributed by atoms with Gasteiger partial charge in [-0.3, -0.25) is 4.79 Å². The first-order valence-corrected chi connectivity index (χ1v) is 6.42. The molecule has 0 saturated carbocycles. The smallest absolute Gasteiger partial charge is 0.226 e. The van der Waals surface area contributed by atoms with Crippen molar-refractivity contribution >= 4 is 5.91 Å². The Morgan fingerprint density at radius 1 is 1.18 bits per heavy atom. The van der Waals surface area contributed by atoms with E-state index in [1.165, 1.54) is 24.0 Å². The fourth-order valence-electron chi connectivity index (χ4n) is 2.71. The third kappa shape index (κ3) is 2.20. The Bertz CT molecular complexity index is 436. The lowest BCUT2D eigenvalue weighted by atomic mass is 10.0. The van der Waals surface area contributed by atoms with Gasteiger partial charge in [-0.2, -0.15) is 0 Å². The van der Waals surface area contributed by atoms with Gasteiger partial charge in [0.15, 0.2) is 0 Å². The summed E-state index contributed by atoms with van der Waals surface area (Å²) < 4.78 is 0. The number of amides is 1. The molecule has 0 bridgehead atoms. The van der Waals surface area contributed by atoms with Gasteiger partial charge in [-0.25, -0.2) is 0 Å². The summed E-state index contributed by atoms with van der Waals surface area (Å²) in [6.07, 6.45) is 2.90. The molecule has 0 unspecified atom stereocenters. The molecule has 0 aromatic heterocycles. The summed E-state index contributed by atoms with van der Waals surface area (Å²) in [6.45, 7) is 3.81. The number of hydrogen-bond donors (Lipinski definition) is 1. The van der Waals surface area contributed by atoms with Crippen molar-refractivity contribution in [2.75, 3.05) is 13.1 Å². The Morgan fingerprint density at radius 3 is 2.76 bits per heavy atom. The summed E-state index contributed by atoms with van der Waals surface area (Å²) in [5.74, 6) is 0.286. The van der Waals surface area contributed by atoms with Crippen molar-refractivity contribution in [3.05, 3.63) is 34.9 Å². The molecule has 1 saturated heterocycles. The van der Waals surface area contributed by atoms with E-state index in [-0.39, 0.29) is 5.91 Å². The fourth-order valence-corrected chi connectivity index (χ4v) is 2.71. The predicted octanol–water partition coefficient (Wildman–Crippen LogP) is 1.45. The van der Waals surface area contributed by atoms with Crippen molar-refractivity contribution in [1.82, 2.24) is 10.2 Å². The van der Waals surface area contributed by atoms with Crippen molar-refractivity contribution in [1.29, 1.82) is 0 Å². The van der Waals surface area contributed by atoms with Crippen LogP contribution in [0.4, 0.5) is 0 Å². The molecule has 1 N–H and O–H groups in total. The molecule has 1 aromatic rings. The molecule has 3 heteroatoms.